The first-order chi connectivity index (χ1) is 8.08. The molecule has 0 atom stereocenters. The zero-order valence-corrected chi connectivity index (χ0v) is 10.1. The van der Waals surface area contributed by atoms with E-state index in [0.717, 1.165) is 5.56 Å². The number of carbonyl (C=O) groups excluding carboxylic acids is 1. The Bertz CT molecular complexity index is 488. The first kappa shape index (κ1) is 11.7. The van der Waals surface area contributed by atoms with Crippen LogP contribution in [-0.2, 0) is 4.74 Å². The molecule has 1 aliphatic rings. The summed E-state index contributed by atoms with van der Waals surface area (Å²) in [5.41, 5.74) is 7.75. The van der Waals surface area contributed by atoms with Crippen molar-refractivity contribution in [2.24, 2.45) is 5.10 Å². The number of carbonyl (C=O) groups is 1. The number of rotatable bonds is 2. The Morgan fingerprint density at radius 1 is 1.59 bits per heavy atom. The summed E-state index contributed by atoms with van der Waals surface area (Å²) in [6, 6.07) is 5.13. The molecule has 0 aliphatic carbocycles. The summed E-state index contributed by atoms with van der Waals surface area (Å²) in [5.74, 6) is 0. The maximum atomic E-state index is 11.2. The molecule has 90 valence electrons. The molecule has 0 saturated carbocycles. The highest BCUT2D eigenvalue weighted by Crippen LogP contribution is 2.19. The Morgan fingerprint density at radius 3 is 3.00 bits per heavy atom. The normalized spacial score (nSPS) is 16.2. The van der Waals surface area contributed by atoms with Gasteiger partial charge >= 0.3 is 6.09 Å². The quantitative estimate of drug-likeness (QED) is 0.648. The van der Waals surface area contributed by atoms with E-state index in [1.165, 1.54) is 5.01 Å². The molecular weight excluding hydrogens is 242 g/mol. The predicted molar refractivity (Wildman–Crippen MR) is 66.1 cm³/mol. The third kappa shape index (κ3) is 2.50. The fraction of sp³-hybridized carbons (Fsp3) is 0.273. The van der Waals surface area contributed by atoms with Gasteiger partial charge in [-0.3, -0.25) is 0 Å². The number of nitrogen functional groups attached to an aromatic ring is 1. The van der Waals surface area contributed by atoms with Gasteiger partial charge in [0.2, 0.25) is 0 Å². The lowest BCUT2D eigenvalue weighted by Crippen LogP contribution is -2.19. The number of nitrogens with zero attached hydrogens (tertiary/aromatic N) is 2. The first-order valence-corrected chi connectivity index (χ1v) is 5.50. The van der Waals surface area contributed by atoms with Crippen LogP contribution in [0.5, 0.6) is 0 Å². The van der Waals surface area contributed by atoms with Crippen molar-refractivity contribution in [2.75, 3.05) is 18.9 Å². The zero-order valence-electron chi connectivity index (χ0n) is 9.31. The highest BCUT2D eigenvalue weighted by atomic mass is 35.5. The van der Waals surface area contributed by atoms with Crippen molar-refractivity contribution in [1.82, 2.24) is 5.01 Å². The summed E-state index contributed by atoms with van der Waals surface area (Å²) >= 11 is 5.89. The second-order valence-corrected chi connectivity index (χ2v) is 4.09. The van der Waals surface area contributed by atoms with Crippen molar-refractivity contribution in [2.45, 2.75) is 6.92 Å². The van der Waals surface area contributed by atoms with E-state index in [1.54, 1.807) is 25.1 Å². The Hall–Kier alpha value is -1.75. The summed E-state index contributed by atoms with van der Waals surface area (Å²) in [7, 11) is 0. The third-order valence-corrected chi connectivity index (χ3v) is 2.65. The van der Waals surface area contributed by atoms with E-state index < -0.39 is 6.09 Å². The van der Waals surface area contributed by atoms with Crippen LogP contribution < -0.4 is 5.73 Å². The number of cyclic esters (lactones) is 1. The number of nitrogens with two attached hydrogens (primary N) is 1. The lowest BCUT2D eigenvalue weighted by molar-refractivity contribution is 0.159. The van der Waals surface area contributed by atoms with Gasteiger partial charge in [0.15, 0.2) is 0 Å². The Morgan fingerprint density at radius 2 is 2.35 bits per heavy atom. The van der Waals surface area contributed by atoms with Crippen LogP contribution in [-0.4, -0.2) is 30.0 Å². The van der Waals surface area contributed by atoms with Crippen molar-refractivity contribution in [3.63, 3.8) is 0 Å². The fourth-order valence-corrected chi connectivity index (χ4v) is 1.72. The molecule has 0 bridgehead atoms. The molecule has 5 nitrogen and oxygen atoms in total. The summed E-state index contributed by atoms with van der Waals surface area (Å²) in [6.45, 7) is 2.59. The van der Waals surface area contributed by atoms with Gasteiger partial charge in [-0.15, -0.1) is 0 Å². The monoisotopic (exact) mass is 253 g/mol. The van der Waals surface area contributed by atoms with Gasteiger partial charge in [0, 0.05) is 16.3 Å². The number of hydrazone groups is 1. The van der Waals surface area contributed by atoms with E-state index in [2.05, 4.69) is 5.10 Å². The van der Waals surface area contributed by atoms with Crippen LogP contribution >= 0.6 is 11.6 Å². The van der Waals surface area contributed by atoms with Crippen LogP contribution in [0.3, 0.4) is 0 Å². The zero-order chi connectivity index (χ0) is 12.4. The van der Waals surface area contributed by atoms with Gasteiger partial charge in [-0.05, 0) is 25.1 Å². The van der Waals surface area contributed by atoms with Crippen LogP contribution in [0.4, 0.5) is 10.5 Å². The second-order valence-electron chi connectivity index (χ2n) is 3.65. The lowest BCUT2D eigenvalue weighted by Gasteiger charge is -2.09. The van der Waals surface area contributed by atoms with Crippen LogP contribution in [0.2, 0.25) is 5.02 Å². The van der Waals surface area contributed by atoms with Crippen molar-refractivity contribution in [1.29, 1.82) is 0 Å². The maximum absolute atomic E-state index is 11.2. The SMILES string of the molecule is C/C(=N\N1CCOC1=O)c1cc(Cl)ccc1N. The minimum atomic E-state index is -0.440. The second kappa shape index (κ2) is 4.63. The van der Waals surface area contributed by atoms with E-state index in [9.17, 15) is 4.79 Å². The van der Waals surface area contributed by atoms with E-state index in [4.69, 9.17) is 22.1 Å². The lowest BCUT2D eigenvalue weighted by atomic mass is 10.1. The van der Waals surface area contributed by atoms with Crippen LogP contribution in [0.15, 0.2) is 23.3 Å². The van der Waals surface area contributed by atoms with Crippen molar-refractivity contribution in [3.8, 4) is 0 Å². The molecular formula is C11H12ClN3O2. The molecule has 1 aromatic carbocycles. The highest BCUT2D eigenvalue weighted by molar-refractivity contribution is 6.31. The van der Waals surface area contributed by atoms with E-state index in [0.29, 0.717) is 29.6 Å². The molecule has 1 heterocycles. The van der Waals surface area contributed by atoms with Crippen molar-refractivity contribution < 1.29 is 9.53 Å². The molecule has 1 aliphatic heterocycles. The highest BCUT2D eigenvalue weighted by Gasteiger charge is 2.21. The molecule has 17 heavy (non-hydrogen) atoms. The molecule has 1 aromatic rings. The molecule has 1 fully saturated rings. The van der Waals surface area contributed by atoms with Crippen LogP contribution in [0.1, 0.15) is 12.5 Å². The summed E-state index contributed by atoms with van der Waals surface area (Å²) in [6.07, 6.45) is -0.440. The minimum Gasteiger partial charge on any atom is -0.446 e. The fourth-order valence-electron chi connectivity index (χ4n) is 1.55. The molecule has 2 rings (SSSR count). The molecule has 1 saturated heterocycles. The summed E-state index contributed by atoms with van der Waals surface area (Å²) in [5, 5.41) is 6.02. The average molecular weight is 254 g/mol. The van der Waals surface area contributed by atoms with Gasteiger partial charge in [-0.2, -0.15) is 10.1 Å². The number of ether oxygens (including phenoxy) is 1. The largest absolute Gasteiger partial charge is 0.446 e. The average Bonchev–Trinajstić information content (AvgIpc) is 2.68. The van der Waals surface area contributed by atoms with Crippen LogP contribution in [0, 0.1) is 0 Å². The topological polar surface area (TPSA) is 67.9 Å². The summed E-state index contributed by atoms with van der Waals surface area (Å²) in [4.78, 5) is 11.2. The first-order valence-electron chi connectivity index (χ1n) is 5.13. The van der Waals surface area contributed by atoms with Crippen molar-refractivity contribution in [3.05, 3.63) is 28.8 Å². The third-order valence-electron chi connectivity index (χ3n) is 2.42. The number of hydrogen-bond donors (Lipinski definition) is 1. The maximum Gasteiger partial charge on any atom is 0.430 e. The minimum absolute atomic E-state index is 0.362. The predicted octanol–water partition coefficient (Wildman–Crippen LogP) is 2.10. The Labute approximate surface area is 104 Å². The molecule has 0 radical (unpaired) electrons. The Balaban J connectivity index is 2.29. The van der Waals surface area contributed by atoms with Crippen molar-refractivity contribution >= 4 is 29.1 Å². The molecule has 0 unspecified atom stereocenters. The number of anilines is 1. The molecule has 6 heteroatoms. The Kier molecular flexibility index (Phi) is 3.19. The van der Waals surface area contributed by atoms with Crippen LogP contribution in [0.25, 0.3) is 0 Å². The molecule has 1 amide bonds. The number of hydrogen-bond acceptors (Lipinski definition) is 4. The number of benzene rings is 1. The van der Waals surface area contributed by atoms with Gasteiger partial charge in [0.25, 0.3) is 0 Å². The smallest absolute Gasteiger partial charge is 0.430 e. The van der Waals surface area contributed by atoms with E-state index in [-0.39, 0.29) is 0 Å². The van der Waals surface area contributed by atoms with Gasteiger partial charge in [-0.25, -0.2) is 4.79 Å². The van der Waals surface area contributed by atoms with E-state index >= 15 is 0 Å². The molecule has 2 N–H and O–H groups in total. The summed E-state index contributed by atoms with van der Waals surface area (Å²) < 4.78 is 4.78. The number of halogens is 1. The standard InChI is InChI=1S/C11H12ClN3O2/c1-7(14-15-4-5-17-11(15)16)9-6-8(12)2-3-10(9)13/h2-3,6H,4-5,13H2,1H3/b14-7+. The number of amides is 1. The van der Waals surface area contributed by atoms with Gasteiger partial charge in [0.1, 0.15) is 6.61 Å². The van der Waals surface area contributed by atoms with Gasteiger partial charge in [-0.1, -0.05) is 11.6 Å². The van der Waals surface area contributed by atoms with E-state index in [1.807, 2.05) is 0 Å². The van der Waals surface area contributed by atoms with Gasteiger partial charge in [0.05, 0.1) is 12.3 Å². The molecule has 0 spiro atoms. The molecule has 0 aromatic heterocycles. The van der Waals surface area contributed by atoms with Gasteiger partial charge < -0.3 is 10.5 Å².